The van der Waals surface area contributed by atoms with Crippen LogP contribution in [0.15, 0.2) is 10.6 Å². The normalized spacial score (nSPS) is 21.4. The van der Waals surface area contributed by atoms with Gasteiger partial charge in [0.25, 0.3) is 0 Å². The van der Waals surface area contributed by atoms with E-state index >= 15 is 0 Å². The molecule has 0 atom stereocenters. The molecule has 94 valence electrons. The lowest BCUT2D eigenvalue weighted by atomic mass is 10.0. The van der Waals surface area contributed by atoms with Crippen molar-refractivity contribution in [3.8, 4) is 0 Å². The summed E-state index contributed by atoms with van der Waals surface area (Å²) in [5.41, 5.74) is -1.02. The molecule has 1 aromatic heterocycles. The van der Waals surface area contributed by atoms with Gasteiger partial charge in [-0.05, 0) is 19.8 Å². The van der Waals surface area contributed by atoms with Crippen molar-refractivity contribution < 1.29 is 18.8 Å². The minimum Gasteiger partial charge on any atom is -0.444 e. The molecule has 2 aliphatic rings. The summed E-state index contributed by atoms with van der Waals surface area (Å²) in [6.07, 6.45) is 2.50. The van der Waals surface area contributed by atoms with Crippen LogP contribution in [0.1, 0.15) is 24.5 Å². The van der Waals surface area contributed by atoms with E-state index < -0.39 is 23.3 Å². The van der Waals surface area contributed by atoms with Crippen LogP contribution in [0.2, 0.25) is 0 Å². The Hall–Kier alpha value is -2.18. The number of hydrogen-bond donors (Lipinski definition) is 1. The lowest BCUT2D eigenvalue weighted by Gasteiger charge is -2.29. The van der Waals surface area contributed by atoms with Gasteiger partial charge in [0, 0.05) is 0 Å². The standard InChI is InChI=1S/C11H11N3O4/c1-6-4-12-7(18-6)5-14-9(16)11(2-3-11)8(15)13-10(14)17/h4H,2-3,5H2,1H3,(H,13,15,17). The fourth-order valence-corrected chi connectivity index (χ4v) is 2.05. The van der Waals surface area contributed by atoms with E-state index in [9.17, 15) is 14.4 Å². The number of barbiturate groups is 1. The molecule has 2 heterocycles. The Balaban J connectivity index is 1.85. The number of hydrogen-bond acceptors (Lipinski definition) is 5. The third-order valence-electron chi connectivity index (χ3n) is 3.27. The number of carbonyl (C=O) groups is 3. The summed E-state index contributed by atoms with van der Waals surface area (Å²) in [5.74, 6) is -0.0577. The highest BCUT2D eigenvalue weighted by Gasteiger charge is 2.62. The molecule has 1 aliphatic carbocycles. The topological polar surface area (TPSA) is 92.5 Å². The zero-order chi connectivity index (χ0) is 12.9. The summed E-state index contributed by atoms with van der Waals surface area (Å²) in [5, 5.41) is 2.20. The third kappa shape index (κ3) is 1.43. The van der Waals surface area contributed by atoms with Crippen LogP contribution in [0.3, 0.4) is 0 Å². The molecule has 2 fully saturated rings. The first-order valence-electron chi connectivity index (χ1n) is 5.62. The van der Waals surface area contributed by atoms with Crippen LogP contribution < -0.4 is 5.32 Å². The molecule has 4 amide bonds. The van der Waals surface area contributed by atoms with Gasteiger partial charge in [0.1, 0.15) is 17.7 Å². The number of nitrogens with zero attached hydrogens (tertiary/aromatic N) is 2. The molecule has 0 aromatic carbocycles. The Labute approximate surface area is 102 Å². The Morgan fingerprint density at radius 2 is 2.17 bits per heavy atom. The van der Waals surface area contributed by atoms with Gasteiger partial charge in [0.15, 0.2) is 0 Å². The van der Waals surface area contributed by atoms with Crippen LogP contribution in [-0.2, 0) is 16.1 Å². The number of aromatic nitrogens is 1. The van der Waals surface area contributed by atoms with Crippen molar-refractivity contribution in [3.63, 3.8) is 0 Å². The Morgan fingerprint density at radius 3 is 2.72 bits per heavy atom. The predicted octanol–water partition coefficient (Wildman–Crippen LogP) is 0.342. The van der Waals surface area contributed by atoms with E-state index in [4.69, 9.17) is 4.42 Å². The van der Waals surface area contributed by atoms with Crippen molar-refractivity contribution in [1.29, 1.82) is 0 Å². The average Bonchev–Trinajstić information content (AvgIpc) is 3.02. The lowest BCUT2D eigenvalue weighted by molar-refractivity contribution is -0.145. The van der Waals surface area contributed by atoms with E-state index in [1.165, 1.54) is 6.20 Å². The number of nitrogens with one attached hydrogen (secondary N) is 1. The van der Waals surface area contributed by atoms with Gasteiger partial charge in [0.05, 0.1) is 6.20 Å². The molecule has 1 saturated heterocycles. The Bertz CT molecular complexity index is 558. The largest absolute Gasteiger partial charge is 0.444 e. The van der Waals surface area contributed by atoms with Crippen molar-refractivity contribution in [3.05, 3.63) is 17.8 Å². The zero-order valence-corrected chi connectivity index (χ0v) is 9.73. The van der Waals surface area contributed by atoms with E-state index in [2.05, 4.69) is 10.3 Å². The molecule has 1 aromatic rings. The maximum absolute atomic E-state index is 12.1. The van der Waals surface area contributed by atoms with Gasteiger partial charge in [-0.25, -0.2) is 9.78 Å². The lowest BCUT2D eigenvalue weighted by Crippen LogP contribution is -2.58. The monoisotopic (exact) mass is 249 g/mol. The van der Waals surface area contributed by atoms with E-state index in [-0.39, 0.29) is 12.4 Å². The van der Waals surface area contributed by atoms with Crippen LogP contribution in [0.4, 0.5) is 4.79 Å². The van der Waals surface area contributed by atoms with Gasteiger partial charge < -0.3 is 4.42 Å². The van der Waals surface area contributed by atoms with Crippen molar-refractivity contribution >= 4 is 17.8 Å². The molecular formula is C11H11N3O4. The SMILES string of the molecule is Cc1cnc(CN2C(=O)NC(=O)C3(CC3)C2=O)o1. The first-order chi connectivity index (χ1) is 8.53. The minimum absolute atomic E-state index is 0.0481. The molecule has 0 bridgehead atoms. The first kappa shape index (κ1) is 10.9. The number of carbonyl (C=O) groups excluding carboxylic acids is 3. The number of imide groups is 2. The van der Waals surface area contributed by atoms with Gasteiger partial charge >= 0.3 is 6.03 Å². The van der Waals surface area contributed by atoms with Crippen molar-refractivity contribution in [1.82, 2.24) is 15.2 Å². The second-order valence-corrected chi connectivity index (χ2v) is 4.60. The van der Waals surface area contributed by atoms with E-state index in [0.717, 1.165) is 4.90 Å². The quantitative estimate of drug-likeness (QED) is 0.763. The molecule has 0 radical (unpaired) electrons. The highest BCUT2D eigenvalue weighted by molar-refractivity contribution is 6.20. The second kappa shape index (κ2) is 3.41. The average molecular weight is 249 g/mol. The fraction of sp³-hybridized carbons (Fsp3) is 0.455. The van der Waals surface area contributed by atoms with Crippen molar-refractivity contribution in [2.45, 2.75) is 26.3 Å². The first-order valence-corrected chi connectivity index (χ1v) is 5.62. The number of rotatable bonds is 2. The fourth-order valence-electron chi connectivity index (χ4n) is 2.05. The number of aryl methyl sites for hydroxylation is 1. The van der Waals surface area contributed by atoms with Gasteiger partial charge in [-0.1, -0.05) is 0 Å². The summed E-state index contributed by atoms with van der Waals surface area (Å²) in [4.78, 5) is 40.3. The van der Waals surface area contributed by atoms with Gasteiger partial charge in [0.2, 0.25) is 17.7 Å². The van der Waals surface area contributed by atoms with E-state index in [1.54, 1.807) is 6.92 Å². The number of urea groups is 1. The van der Waals surface area contributed by atoms with Crippen LogP contribution in [0, 0.1) is 12.3 Å². The molecule has 1 N–H and O–H groups in total. The smallest absolute Gasteiger partial charge is 0.331 e. The highest BCUT2D eigenvalue weighted by Crippen LogP contribution is 2.49. The van der Waals surface area contributed by atoms with Crippen molar-refractivity contribution in [2.75, 3.05) is 0 Å². The maximum Gasteiger partial charge on any atom is 0.331 e. The molecule has 7 heteroatoms. The summed E-state index contributed by atoms with van der Waals surface area (Å²) < 4.78 is 5.23. The molecule has 1 spiro atoms. The van der Waals surface area contributed by atoms with Crippen LogP contribution in [-0.4, -0.2) is 27.7 Å². The summed E-state index contributed by atoms with van der Waals surface area (Å²) in [6, 6.07) is -0.710. The Kier molecular flexibility index (Phi) is 2.07. The summed E-state index contributed by atoms with van der Waals surface area (Å²) in [7, 11) is 0. The van der Waals surface area contributed by atoms with Gasteiger partial charge in [-0.3, -0.25) is 19.8 Å². The third-order valence-corrected chi connectivity index (χ3v) is 3.27. The van der Waals surface area contributed by atoms with Gasteiger partial charge in [-0.2, -0.15) is 0 Å². The Morgan fingerprint density at radius 1 is 1.44 bits per heavy atom. The number of oxazole rings is 1. The second-order valence-electron chi connectivity index (χ2n) is 4.60. The van der Waals surface area contributed by atoms with Crippen molar-refractivity contribution in [2.24, 2.45) is 5.41 Å². The minimum atomic E-state index is -1.02. The zero-order valence-electron chi connectivity index (χ0n) is 9.73. The molecule has 18 heavy (non-hydrogen) atoms. The molecule has 1 saturated carbocycles. The summed E-state index contributed by atoms with van der Waals surface area (Å²) in [6.45, 7) is 1.67. The van der Waals surface area contributed by atoms with E-state index in [0.29, 0.717) is 18.6 Å². The van der Waals surface area contributed by atoms with Crippen LogP contribution >= 0.6 is 0 Å². The molecule has 7 nitrogen and oxygen atoms in total. The van der Waals surface area contributed by atoms with Gasteiger partial charge in [-0.15, -0.1) is 0 Å². The maximum atomic E-state index is 12.1. The number of amides is 4. The predicted molar refractivity (Wildman–Crippen MR) is 57.0 cm³/mol. The summed E-state index contributed by atoms with van der Waals surface area (Å²) >= 11 is 0. The van der Waals surface area contributed by atoms with Crippen LogP contribution in [0.5, 0.6) is 0 Å². The highest BCUT2D eigenvalue weighted by atomic mass is 16.4. The van der Waals surface area contributed by atoms with E-state index in [1.807, 2.05) is 0 Å². The molecule has 0 unspecified atom stereocenters. The molecule has 3 rings (SSSR count). The molecular weight excluding hydrogens is 238 g/mol. The van der Waals surface area contributed by atoms with Crippen LogP contribution in [0.25, 0.3) is 0 Å². The molecule has 1 aliphatic heterocycles.